The monoisotopic (exact) mass is 287 g/mol. The second-order valence-corrected chi connectivity index (χ2v) is 3.62. The van der Waals surface area contributed by atoms with Crippen molar-refractivity contribution >= 4 is 11.4 Å². The summed E-state index contributed by atoms with van der Waals surface area (Å²) in [5.74, 6) is 0.500. The van der Waals surface area contributed by atoms with Crippen LogP contribution in [0.3, 0.4) is 0 Å². The van der Waals surface area contributed by atoms with Crippen molar-refractivity contribution < 1.29 is 27.3 Å². The van der Waals surface area contributed by atoms with Crippen LogP contribution < -0.4 is 0 Å². The van der Waals surface area contributed by atoms with Crippen molar-refractivity contribution in [3.05, 3.63) is 23.7 Å². The Morgan fingerprint density at radius 2 is 1.12 bits per heavy atom. The van der Waals surface area contributed by atoms with Crippen molar-refractivity contribution in [2.75, 3.05) is 13.1 Å². The maximum atomic E-state index is 8.98. The SMILES string of the molecule is CC(/C=C(/C)O)=NCCN=C(C)/C=C(/C)O.[Cu]. The number of aliphatic hydroxyl groups excluding tert-OH is 2. The van der Waals surface area contributed by atoms with Gasteiger partial charge >= 0.3 is 0 Å². The molecular formula is C12H20CuN2O2. The van der Waals surface area contributed by atoms with Gasteiger partial charge in [0.15, 0.2) is 0 Å². The van der Waals surface area contributed by atoms with E-state index in [9.17, 15) is 0 Å². The number of allylic oxidation sites excluding steroid dienone is 4. The fourth-order valence-electron chi connectivity index (χ4n) is 1.15. The molecular weight excluding hydrogens is 268 g/mol. The third kappa shape index (κ3) is 12.9. The minimum atomic E-state index is 0. The fourth-order valence-corrected chi connectivity index (χ4v) is 1.15. The Labute approximate surface area is 113 Å². The molecule has 0 aliphatic rings. The van der Waals surface area contributed by atoms with Crippen molar-refractivity contribution in [2.24, 2.45) is 9.98 Å². The van der Waals surface area contributed by atoms with Gasteiger partial charge < -0.3 is 10.2 Å². The standard InChI is InChI=1S/C12H20N2O2.Cu/c1-9(7-11(3)15)13-5-6-14-10(2)8-12(4)16;/h7-8,15-16H,5-6H2,1-4H3;/b11-7-,12-8-,13-9?,14-10?;. The van der Waals surface area contributed by atoms with E-state index < -0.39 is 0 Å². The zero-order chi connectivity index (χ0) is 12.6. The minimum Gasteiger partial charge on any atom is -0.513 e. The van der Waals surface area contributed by atoms with Crippen molar-refractivity contribution in [3.8, 4) is 0 Å². The van der Waals surface area contributed by atoms with Gasteiger partial charge in [-0.3, -0.25) is 9.98 Å². The maximum absolute atomic E-state index is 8.98. The fraction of sp³-hybridized carbons (Fsp3) is 0.500. The number of aliphatic imine (C=N–C) groups is 2. The van der Waals surface area contributed by atoms with Gasteiger partial charge in [-0.2, -0.15) is 0 Å². The summed E-state index contributed by atoms with van der Waals surface area (Å²) >= 11 is 0. The van der Waals surface area contributed by atoms with E-state index in [1.807, 2.05) is 13.8 Å². The van der Waals surface area contributed by atoms with Crippen LogP contribution in [0.25, 0.3) is 0 Å². The van der Waals surface area contributed by atoms with Gasteiger partial charge in [-0.25, -0.2) is 0 Å². The summed E-state index contributed by atoms with van der Waals surface area (Å²) in [6.07, 6.45) is 3.21. The molecule has 0 aromatic carbocycles. The molecule has 0 aromatic heterocycles. The Bertz CT molecular complexity index is 302. The maximum Gasteiger partial charge on any atom is 0.0909 e. The van der Waals surface area contributed by atoms with Gasteiger partial charge in [0, 0.05) is 28.5 Å². The van der Waals surface area contributed by atoms with Gasteiger partial charge in [0.25, 0.3) is 0 Å². The van der Waals surface area contributed by atoms with Crippen LogP contribution in [0.1, 0.15) is 27.7 Å². The predicted octanol–water partition coefficient (Wildman–Crippen LogP) is 2.83. The second-order valence-electron chi connectivity index (χ2n) is 3.62. The molecule has 4 nitrogen and oxygen atoms in total. The van der Waals surface area contributed by atoms with Crippen molar-refractivity contribution in [1.82, 2.24) is 0 Å². The molecule has 0 bridgehead atoms. The summed E-state index contributed by atoms with van der Waals surface area (Å²) in [5, 5.41) is 18.0. The summed E-state index contributed by atoms with van der Waals surface area (Å²) in [5.41, 5.74) is 1.56. The van der Waals surface area contributed by atoms with Crippen LogP contribution in [-0.4, -0.2) is 34.7 Å². The molecule has 0 aliphatic heterocycles. The molecule has 0 heterocycles. The topological polar surface area (TPSA) is 65.2 Å². The number of nitrogens with zero attached hydrogens (tertiary/aromatic N) is 2. The number of hydrogen-bond acceptors (Lipinski definition) is 4. The molecule has 0 atom stereocenters. The summed E-state index contributed by atoms with van der Waals surface area (Å²) < 4.78 is 0. The van der Waals surface area contributed by atoms with Crippen LogP contribution in [0.2, 0.25) is 0 Å². The van der Waals surface area contributed by atoms with Crippen LogP contribution in [0, 0.1) is 0 Å². The smallest absolute Gasteiger partial charge is 0.0909 e. The average molecular weight is 288 g/mol. The van der Waals surface area contributed by atoms with Crippen molar-refractivity contribution in [2.45, 2.75) is 27.7 Å². The number of aliphatic hydroxyl groups is 2. The average Bonchev–Trinajstić information content (AvgIpc) is 2.10. The summed E-state index contributed by atoms with van der Waals surface area (Å²) in [6.45, 7) is 8.02. The van der Waals surface area contributed by atoms with Crippen LogP contribution in [-0.2, 0) is 17.1 Å². The zero-order valence-electron chi connectivity index (χ0n) is 10.7. The molecule has 0 unspecified atom stereocenters. The van der Waals surface area contributed by atoms with E-state index >= 15 is 0 Å². The molecule has 0 fully saturated rings. The predicted molar refractivity (Wildman–Crippen MR) is 68.7 cm³/mol. The Morgan fingerprint density at radius 1 is 0.824 bits per heavy atom. The van der Waals surface area contributed by atoms with Crippen molar-refractivity contribution in [1.29, 1.82) is 0 Å². The first kappa shape index (κ1) is 18.3. The van der Waals surface area contributed by atoms with Crippen molar-refractivity contribution in [3.63, 3.8) is 0 Å². The zero-order valence-corrected chi connectivity index (χ0v) is 11.6. The molecule has 2 N–H and O–H groups in total. The van der Waals surface area contributed by atoms with Gasteiger partial charge in [0.2, 0.25) is 0 Å². The van der Waals surface area contributed by atoms with Gasteiger partial charge in [-0.15, -0.1) is 0 Å². The summed E-state index contributed by atoms with van der Waals surface area (Å²) in [4.78, 5) is 8.41. The molecule has 0 rings (SSSR count). The Morgan fingerprint density at radius 3 is 1.35 bits per heavy atom. The molecule has 0 spiro atoms. The van der Waals surface area contributed by atoms with E-state index in [0.717, 1.165) is 11.4 Å². The molecule has 0 saturated carbocycles. The number of rotatable bonds is 5. The van der Waals surface area contributed by atoms with Crippen LogP contribution in [0.4, 0.5) is 0 Å². The molecule has 101 valence electrons. The number of hydrogen-bond donors (Lipinski definition) is 2. The molecule has 0 aliphatic carbocycles. The van der Waals surface area contributed by atoms with Crippen LogP contribution >= 0.6 is 0 Å². The minimum absolute atomic E-state index is 0. The summed E-state index contributed by atoms with van der Waals surface area (Å²) in [7, 11) is 0. The van der Waals surface area contributed by atoms with Gasteiger partial charge in [-0.1, -0.05) is 0 Å². The quantitative estimate of drug-likeness (QED) is 0.353. The Kier molecular flexibility index (Phi) is 10.9. The first-order valence-electron chi connectivity index (χ1n) is 5.18. The molecule has 0 aromatic rings. The Balaban J connectivity index is 0. The summed E-state index contributed by atoms with van der Waals surface area (Å²) in [6, 6.07) is 0. The van der Waals surface area contributed by atoms with Crippen LogP contribution in [0.5, 0.6) is 0 Å². The van der Waals surface area contributed by atoms with E-state index in [1.54, 1.807) is 26.0 Å². The van der Waals surface area contributed by atoms with E-state index in [1.165, 1.54) is 0 Å². The largest absolute Gasteiger partial charge is 0.513 e. The van der Waals surface area contributed by atoms with Gasteiger partial charge in [0.1, 0.15) is 0 Å². The molecule has 1 radical (unpaired) electrons. The molecule has 0 saturated heterocycles. The molecule has 0 amide bonds. The first-order chi connectivity index (χ1) is 7.41. The van der Waals surface area contributed by atoms with E-state index in [4.69, 9.17) is 10.2 Å². The van der Waals surface area contributed by atoms with E-state index in [0.29, 0.717) is 13.1 Å². The Hall–Kier alpha value is -1.06. The van der Waals surface area contributed by atoms with Gasteiger partial charge in [0.05, 0.1) is 24.6 Å². The first-order valence-corrected chi connectivity index (χ1v) is 5.18. The molecule has 17 heavy (non-hydrogen) atoms. The molecule has 5 heteroatoms. The third-order valence-corrected chi connectivity index (χ3v) is 1.66. The normalized spacial score (nSPS) is 14.6. The third-order valence-electron chi connectivity index (χ3n) is 1.66. The van der Waals surface area contributed by atoms with E-state index in [2.05, 4.69) is 9.98 Å². The van der Waals surface area contributed by atoms with Crippen LogP contribution in [0.15, 0.2) is 33.7 Å². The second kappa shape index (κ2) is 10.1. The van der Waals surface area contributed by atoms with Gasteiger partial charge in [-0.05, 0) is 39.8 Å². The van der Waals surface area contributed by atoms with E-state index in [-0.39, 0.29) is 28.6 Å².